The van der Waals surface area contributed by atoms with Crippen LogP contribution in [0.15, 0.2) is 24.3 Å². The molecule has 120 valence electrons. The monoisotopic (exact) mass is 325 g/mol. The molecule has 2 fully saturated rings. The van der Waals surface area contributed by atoms with Crippen LogP contribution in [0.1, 0.15) is 30.7 Å². The van der Waals surface area contributed by atoms with Crippen LogP contribution in [0.25, 0.3) is 0 Å². The van der Waals surface area contributed by atoms with Crippen LogP contribution in [0.3, 0.4) is 0 Å². The van der Waals surface area contributed by atoms with E-state index in [-0.39, 0.29) is 30.5 Å². The molecule has 2 heterocycles. The molecule has 0 spiro atoms. The highest BCUT2D eigenvalue weighted by atomic mass is 35.5. The molecule has 3 rings (SSSR count). The summed E-state index contributed by atoms with van der Waals surface area (Å²) in [6, 6.07) is 8.41. The largest absolute Gasteiger partial charge is 0.463 e. The van der Waals surface area contributed by atoms with Gasteiger partial charge in [0.15, 0.2) is 0 Å². The van der Waals surface area contributed by atoms with Crippen LogP contribution in [-0.2, 0) is 9.53 Å². The van der Waals surface area contributed by atoms with Crippen molar-refractivity contribution in [1.29, 1.82) is 0 Å². The molecule has 1 aromatic rings. The summed E-state index contributed by atoms with van der Waals surface area (Å²) in [7, 11) is 2.08. The third-order valence-corrected chi connectivity index (χ3v) is 5.41. The molecule has 2 aliphatic rings. The highest BCUT2D eigenvalue weighted by Gasteiger charge is 2.49. The number of halogens is 2. The van der Waals surface area contributed by atoms with Crippen LogP contribution in [-0.4, -0.2) is 43.3 Å². The van der Waals surface area contributed by atoms with Gasteiger partial charge in [-0.25, -0.2) is 4.39 Å². The van der Waals surface area contributed by atoms with E-state index in [1.165, 1.54) is 0 Å². The molecule has 22 heavy (non-hydrogen) atoms. The number of benzene rings is 1. The minimum atomic E-state index is -0.632. The van der Waals surface area contributed by atoms with Crippen molar-refractivity contribution in [1.82, 2.24) is 4.90 Å². The number of alkyl halides is 1. The molecule has 0 aliphatic carbocycles. The molecule has 0 aromatic heterocycles. The third kappa shape index (κ3) is 2.86. The van der Waals surface area contributed by atoms with Crippen molar-refractivity contribution < 1.29 is 13.9 Å². The topological polar surface area (TPSA) is 29.5 Å². The molecule has 2 bridgehead atoms. The van der Waals surface area contributed by atoms with Gasteiger partial charge < -0.3 is 4.74 Å². The molecule has 2 unspecified atom stereocenters. The van der Waals surface area contributed by atoms with Gasteiger partial charge in [0.1, 0.15) is 13.3 Å². The normalized spacial score (nSPS) is 31.2. The first-order chi connectivity index (χ1) is 10.6. The van der Waals surface area contributed by atoms with E-state index in [9.17, 15) is 9.18 Å². The van der Waals surface area contributed by atoms with Crippen molar-refractivity contribution in [3.8, 4) is 0 Å². The Hall–Kier alpha value is -1.13. The fraction of sp³-hybridized carbons (Fsp3) is 0.588. The number of esters is 1. The van der Waals surface area contributed by atoms with E-state index >= 15 is 0 Å². The molecule has 0 amide bonds. The van der Waals surface area contributed by atoms with E-state index in [4.69, 9.17) is 16.3 Å². The predicted octanol–water partition coefficient (Wildman–Crippen LogP) is 3.42. The second kappa shape index (κ2) is 6.55. The molecule has 0 saturated carbocycles. The first-order valence-electron chi connectivity index (χ1n) is 7.82. The number of ether oxygens (including phenoxy) is 1. The van der Waals surface area contributed by atoms with Crippen molar-refractivity contribution in [2.75, 3.05) is 20.3 Å². The minimum absolute atomic E-state index is 0.123. The van der Waals surface area contributed by atoms with Crippen LogP contribution in [0, 0.1) is 5.92 Å². The number of hydrogen-bond donors (Lipinski definition) is 0. The minimum Gasteiger partial charge on any atom is -0.463 e. The predicted molar refractivity (Wildman–Crippen MR) is 83.8 cm³/mol. The van der Waals surface area contributed by atoms with Gasteiger partial charge in [0.2, 0.25) is 0 Å². The maximum absolute atomic E-state index is 12.5. The summed E-state index contributed by atoms with van der Waals surface area (Å²) < 4.78 is 17.5. The average molecular weight is 326 g/mol. The van der Waals surface area contributed by atoms with Gasteiger partial charge in [-0.05, 0) is 44.0 Å². The quantitative estimate of drug-likeness (QED) is 0.794. The molecule has 2 saturated heterocycles. The maximum atomic E-state index is 12.5. The zero-order valence-electron chi connectivity index (χ0n) is 12.7. The van der Waals surface area contributed by atoms with E-state index in [2.05, 4.69) is 11.9 Å². The lowest BCUT2D eigenvalue weighted by Gasteiger charge is -2.41. The van der Waals surface area contributed by atoms with Gasteiger partial charge in [0.05, 0.1) is 5.92 Å². The first-order valence-corrected chi connectivity index (χ1v) is 8.19. The number of piperidine rings is 1. The summed E-state index contributed by atoms with van der Waals surface area (Å²) in [5.74, 6) is -0.371. The number of nitrogens with zero attached hydrogens (tertiary/aromatic N) is 1. The van der Waals surface area contributed by atoms with Crippen molar-refractivity contribution in [3.63, 3.8) is 0 Å². The van der Waals surface area contributed by atoms with Gasteiger partial charge in [-0.1, -0.05) is 23.7 Å². The van der Waals surface area contributed by atoms with E-state index < -0.39 is 6.67 Å². The van der Waals surface area contributed by atoms with Crippen LogP contribution >= 0.6 is 11.6 Å². The Balaban J connectivity index is 1.88. The Kier molecular flexibility index (Phi) is 4.69. The number of carbonyl (C=O) groups is 1. The molecule has 0 radical (unpaired) electrons. The van der Waals surface area contributed by atoms with E-state index in [1.807, 2.05) is 24.3 Å². The number of rotatable bonds is 4. The van der Waals surface area contributed by atoms with Crippen LogP contribution in [0.4, 0.5) is 4.39 Å². The average Bonchev–Trinajstić information content (AvgIpc) is 2.75. The van der Waals surface area contributed by atoms with Gasteiger partial charge in [-0.2, -0.15) is 0 Å². The summed E-state index contributed by atoms with van der Waals surface area (Å²) in [6.45, 7) is -0.782. The third-order valence-electron chi connectivity index (χ3n) is 5.16. The Morgan fingerprint density at radius 2 is 2.09 bits per heavy atom. The summed E-state index contributed by atoms with van der Waals surface area (Å²) in [6.07, 6.45) is 3.04. The summed E-state index contributed by atoms with van der Waals surface area (Å²) >= 11 is 5.97. The molecular weight excluding hydrogens is 305 g/mol. The summed E-state index contributed by atoms with van der Waals surface area (Å²) in [5, 5.41) is 0.691. The SMILES string of the molecule is CN1C2CCC1[C@@H](C(=O)OCCF)[C@@H](c1ccc(Cl)cc1)C2. The van der Waals surface area contributed by atoms with E-state index in [0.29, 0.717) is 11.1 Å². The van der Waals surface area contributed by atoms with Crippen molar-refractivity contribution in [2.45, 2.75) is 37.3 Å². The Bertz CT molecular complexity index is 536. The fourth-order valence-corrected chi connectivity index (χ4v) is 4.20. The van der Waals surface area contributed by atoms with E-state index in [0.717, 1.165) is 24.8 Å². The smallest absolute Gasteiger partial charge is 0.311 e. The Labute approximate surface area is 135 Å². The molecule has 1 aromatic carbocycles. The second-order valence-corrected chi connectivity index (χ2v) is 6.68. The molecule has 3 nitrogen and oxygen atoms in total. The Morgan fingerprint density at radius 3 is 2.77 bits per heavy atom. The highest BCUT2D eigenvalue weighted by molar-refractivity contribution is 6.30. The standard InChI is InChI=1S/C17H21ClFNO2/c1-20-13-6-7-15(20)16(17(21)22-9-8-19)14(10-13)11-2-4-12(18)5-3-11/h2-5,13-16H,6-10H2,1H3/t13?,14-,15?,16+/m1/s1. The number of carbonyl (C=O) groups excluding carboxylic acids is 1. The highest BCUT2D eigenvalue weighted by Crippen LogP contribution is 2.46. The lowest BCUT2D eigenvalue weighted by Crippen LogP contribution is -2.49. The molecule has 4 atom stereocenters. The zero-order valence-corrected chi connectivity index (χ0v) is 13.4. The number of fused-ring (bicyclic) bond motifs is 2. The number of hydrogen-bond acceptors (Lipinski definition) is 3. The van der Waals surface area contributed by atoms with Gasteiger partial charge in [0, 0.05) is 23.0 Å². The van der Waals surface area contributed by atoms with Gasteiger partial charge in [0.25, 0.3) is 0 Å². The van der Waals surface area contributed by atoms with Gasteiger partial charge in [-0.3, -0.25) is 9.69 Å². The molecule has 0 N–H and O–H groups in total. The second-order valence-electron chi connectivity index (χ2n) is 6.24. The van der Waals surface area contributed by atoms with Gasteiger partial charge in [-0.15, -0.1) is 0 Å². The first kappa shape index (κ1) is 15.8. The molecule has 5 heteroatoms. The van der Waals surface area contributed by atoms with Crippen molar-refractivity contribution in [2.24, 2.45) is 5.92 Å². The maximum Gasteiger partial charge on any atom is 0.311 e. The zero-order chi connectivity index (χ0) is 15.7. The molecule has 2 aliphatic heterocycles. The lowest BCUT2D eigenvalue weighted by atomic mass is 9.76. The van der Waals surface area contributed by atoms with Crippen LogP contribution in [0.5, 0.6) is 0 Å². The summed E-state index contributed by atoms with van der Waals surface area (Å²) in [4.78, 5) is 14.8. The van der Waals surface area contributed by atoms with Crippen LogP contribution in [0.2, 0.25) is 5.02 Å². The summed E-state index contributed by atoms with van der Waals surface area (Å²) in [5.41, 5.74) is 1.12. The Morgan fingerprint density at radius 1 is 1.36 bits per heavy atom. The fourth-order valence-electron chi connectivity index (χ4n) is 4.08. The van der Waals surface area contributed by atoms with Crippen LogP contribution < -0.4 is 0 Å². The van der Waals surface area contributed by atoms with Crippen molar-refractivity contribution >= 4 is 17.6 Å². The lowest BCUT2D eigenvalue weighted by molar-refractivity contribution is -0.153. The van der Waals surface area contributed by atoms with Crippen molar-refractivity contribution in [3.05, 3.63) is 34.9 Å². The van der Waals surface area contributed by atoms with Gasteiger partial charge >= 0.3 is 5.97 Å². The molecular formula is C17H21ClFNO2. The van der Waals surface area contributed by atoms with E-state index in [1.54, 1.807) is 0 Å².